The van der Waals surface area contributed by atoms with Crippen LogP contribution in [0.4, 0.5) is 15.0 Å². The molecule has 0 aliphatic rings. The van der Waals surface area contributed by atoms with Crippen molar-refractivity contribution in [2.75, 3.05) is 11.9 Å². The third-order valence-electron chi connectivity index (χ3n) is 2.97. The molecule has 0 fully saturated rings. The highest BCUT2D eigenvalue weighted by Crippen LogP contribution is 2.19. The summed E-state index contributed by atoms with van der Waals surface area (Å²) in [6.45, 7) is 1.53. The lowest BCUT2D eigenvalue weighted by Gasteiger charge is -2.24. The van der Waals surface area contributed by atoms with Gasteiger partial charge in [-0.2, -0.15) is 0 Å². The number of urea groups is 1. The van der Waals surface area contributed by atoms with Crippen LogP contribution in [0.5, 0.6) is 0 Å². The van der Waals surface area contributed by atoms with Crippen molar-refractivity contribution in [3.05, 3.63) is 60.0 Å². The van der Waals surface area contributed by atoms with Crippen molar-refractivity contribution in [2.24, 2.45) is 0 Å². The van der Waals surface area contributed by atoms with Crippen molar-refractivity contribution >= 4 is 11.8 Å². The van der Waals surface area contributed by atoms with Crippen molar-refractivity contribution < 1.29 is 14.3 Å². The minimum Gasteiger partial charge on any atom is -0.384 e. The Morgan fingerprint density at radius 2 is 2.00 bits per heavy atom. The second-order valence-electron chi connectivity index (χ2n) is 4.80. The smallest absolute Gasteiger partial charge is 0.320 e. The number of nitrogens with zero attached hydrogens (tertiary/aromatic N) is 1. The first-order valence-corrected chi connectivity index (χ1v) is 6.42. The third kappa shape index (κ3) is 4.25. The molecule has 2 amide bonds. The predicted octanol–water partition coefficient (Wildman–Crippen LogP) is 2.25. The van der Waals surface area contributed by atoms with Gasteiger partial charge in [-0.15, -0.1) is 0 Å². The lowest BCUT2D eigenvalue weighted by molar-refractivity contribution is 0.0599. The van der Waals surface area contributed by atoms with Crippen LogP contribution in [0.15, 0.2) is 48.7 Å². The van der Waals surface area contributed by atoms with Crippen LogP contribution in [0.2, 0.25) is 0 Å². The van der Waals surface area contributed by atoms with Crippen molar-refractivity contribution in [3.8, 4) is 0 Å². The summed E-state index contributed by atoms with van der Waals surface area (Å²) in [6.07, 6.45) is 1.56. The molecule has 21 heavy (non-hydrogen) atoms. The van der Waals surface area contributed by atoms with Crippen molar-refractivity contribution in [1.82, 2.24) is 10.3 Å². The number of hydrogen-bond acceptors (Lipinski definition) is 3. The average Bonchev–Trinajstić information content (AvgIpc) is 2.47. The Labute approximate surface area is 121 Å². The number of aromatic nitrogens is 1. The largest absolute Gasteiger partial charge is 0.384 e. The normalized spacial score (nSPS) is 13.3. The van der Waals surface area contributed by atoms with Gasteiger partial charge in [0.1, 0.15) is 17.2 Å². The van der Waals surface area contributed by atoms with E-state index in [0.29, 0.717) is 11.4 Å². The zero-order valence-electron chi connectivity index (χ0n) is 11.5. The molecule has 1 heterocycles. The van der Waals surface area contributed by atoms with E-state index in [1.165, 1.54) is 24.3 Å². The minimum absolute atomic E-state index is 0.0166. The van der Waals surface area contributed by atoms with Crippen molar-refractivity contribution in [3.63, 3.8) is 0 Å². The summed E-state index contributed by atoms with van der Waals surface area (Å²) < 4.78 is 12.9. The molecule has 0 spiro atoms. The van der Waals surface area contributed by atoms with Crippen molar-refractivity contribution in [2.45, 2.75) is 12.5 Å². The number of rotatable bonds is 4. The van der Waals surface area contributed by atoms with E-state index < -0.39 is 11.6 Å². The highest BCUT2D eigenvalue weighted by atomic mass is 19.1. The summed E-state index contributed by atoms with van der Waals surface area (Å²) in [5.41, 5.74) is -0.781. The van der Waals surface area contributed by atoms with Gasteiger partial charge in [0.05, 0.1) is 6.54 Å². The molecule has 5 nitrogen and oxygen atoms in total. The standard InChI is InChI=1S/C15H16FN3O2/c1-15(21,11-5-7-12(16)8-6-11)10-18-14(20)19-13-4-2-3-9-17-13/h2-9,21H,10H2,1H3,(H2,17,18,19,20). The lowest BCUT2D eigenvalue weighted by Crippen LogP contribution is -2.40. The minimum atomic E-state index is -1.30. The first kappa shape index (κ1) is 14.9. The van der Waals surface area contributed by atoms with Gasteiger partial charge in [0.2, 0.25) is 0 Å². The number of benzene rings is 1. The molecule has 110 valence electrons. The monoisotopic (exact) mass is 289 g/mol. The van der Waals surface area contributed by atoms with Crippen LogP contribution < -0.4 is 10.6 Å². The summed E-state index contributed by atoms with van der Waals surface area (Å²) in [5, 5.41) is 15.4. The fourth-order valence-corrected chi connectivity index (χ4v) is 1.76. The highest BCUT2D eigenvalue weighted by Gasteiger charge is 2.23. The summed E-state index contributed by atoms with van der Waals surface area (Å²) in [6, 6.07) is 10.1. The Balaban J connectivity index is 1.92. The van der Waals surface area contributed by atoms with E-state index in [1.54, 1.807) is 31.3 Å². The molecule has 0 aliphatic heterocycles. The molecular weight excluding hydrogens is 273 g/mol. The summed E-state index contributed by atoms with van der Waals surface area (Å²) in [7, 11) is 0. The molecule has 0 bridgehead atoms. The Morgan fingerprint density at radius 3 is 2.62 bits per heavy atom. The number of amides is 2. The first-order chi connectivity index (χ1) is 9.97. The zero-order chi connectivity index (χ0) is 15.3. The lowest BCUT2D eigenvalue weighted by atomic mass is 9.96. The number of anilines is 1. The van der Waals surface area contributed by atoms with Gasteiger partial charge in [0.15, 0.2) is 0 Å². The van der Waals surface area contributed by atoms with Gasteiger partial charge < -0.3 is 10.4 Å². The number of halogens is 1. The maximum atomic E-state index is 12.9. The van der Waals surface area contributed by atoms with Crippen LogP contribution in [0, 0.1) is 5.82 Å². The maximum Gasteiger partial charge on any atom is 0.320 e. The van der Waals surface area contributed by atoms with Crippen molar-refractivity contribution in [1.29, 1.82) is 0 Å². The third-order valence-corrected chi connectivity index (χ3v) is 2.97. The molecule has 1 atom stereocenters. The maximum absolute atomic E-state index is 12.9. The Bertz CT molecular complexity index is 600. The van der Waals surface area contributed by atoms with E-state index in [0.717, 1.165) is 0 Å². The van der Waals surface area contributed by atoms with Crippen LogP contribution in [0.1, 0.15) is 12.5 Å². The number of carbonyl (C=O) groups is 1. The molecule has 1 unspecified atom stereocenters. The molecule has 6 heteroatoms. The van der Waals surface area contributed by atoms with Gasteiger partial charge in [0.25, 0.3) is 0 Å². The SMILES string of the molecule is CC(O)(CNC(=O)Nc1ccccn1)c1ccc(F)cc1. The molecule has 0 saturated carbocycles. The van der Waals surface area contributed by atoms with Gasteiger partial charge in [-0.3, -0.25) is 5.32 Å². The van der Waals surface area contributed by atoms with Gasteiger partial charge in [-0.25, -0.2) is 14.2 Å². The Kier molecular flexibility index (Phi) is 4.49. The molecule has 0 radical (unpaired) electrons. The number of carbonyl (C=O) groups excluding carboxylic acids is 1. The quantitative estimate of drug-likeness (QED) is 0.808. The molecule has 0 aliphatic carbocycles. The van der Waals surface area contributed by atoms with Crippen LogP contribution in [0.25, 0.3) is 0 Å². The van der Waals surface area contributed by atoms with E-state index >= 15 is 0 Å². The molecule has 1 aromatic heterocycles. The molecular formula is C15H16FN3O2. The molecule has 2 rings (SSSR count). The van der Waals surface area contributed by atoms with Crippen LogP contribution in [0.3, 0.4) is 0 Å². The van der Waals surface area contributed by atoms with Crippen LogP contribution in [-0.2, 0) is 5.60 Å². The molecule has 3 N–H and O–H groups in total. The van der Waals surface area contributed by atoms with E-state index in [9.17, 15) is 14.3 Å². The topological polar surface area (TPSA) is 74.2 Å². The first-order valence-electron chi connectivity index (χ1n) is 6.42. The number of nitrogens with one attached hydrogen (secondary N) is 2. The highest BCUT2D eigenvalue weighted by molar-refractivity contribution is 5.88. The second-order valence-corrected chi connectivity index (χ2v) is 4.80. The van der Waals surface area contributed by atoms with Gasteiger partial charge >= 0.3 is 6.03 Å². The number of hydrogen-bond donors (Lipinski definition) is 3. The van der Waals surface area contributed by atoms with E-state index in [2.05, 4.69) is 15.6 Å². The predicted molar refractivity (Wildman–Crippen MR) is 77.2 cm³/mol. The van der Waals surface area contributed by atoms with Crippen LogP contribution >= 0.6 is 0 Å². The summed E-state index contributed by atoms with van der Waals surface area (Å²) in [5.74, 6) is 0.0341. The summed E-state index contributed by atoms with van der Waals surface area (Å²) in [4.78, 5) is 15.7. The fourth-order valence-electron chi connectivity index (χ4n) is 1.76. The second kappa shape index (κ2) is 6.32. The zero-order valence-corrected chi connectivity index (χ0v) is 11.5. The van der Waals surface area contributed by atoms with Gasteiger partial charge in [-0.1, -0.05) is 18.2 Å². The van der Waals surface area contributed by atoms with E-state index in [-0.39, 0.29) is 12.4 Å². The van der Waals surface area contributed by atoms with Gasteiger partial charge in [0, 0.05) is 6.20 Å². The van der Waals surface area contributed by atoms with E-state index in [1.807, 2.05) is 0 Å². The van der Waals surface area contributed by atoms with Crippen LogP contribution in [-0.4, -0.2) is 22.7 Å². The number of pyridine rings is 1. The average molecular weight is 289 g/mol. The molecule has 2 aromatic rings. The molecule has 0 saturated heterocycles. The van der Waals surface area contributed by atoms with Gasteiger partial charge in [-0.05, 0) is 36.8 Å². The summed E-state index contributed by atoms with van der Waals surface area (Å²) >= 11 is 0. The van der Waals surface area contributed by atoms with E-state index in [4.69, 9.17) is 0 Å². The Hall–Kier alpha value is -2.47. The Morgan fingerprint density at radius 1 is 1.29 bits per heavy atom. The fraction of sp³-hybridized carbons (Fsp3) is 0.200. The molecule has 1 aromatic carbocycles. The number of aliphatic hydroxyl groups is 1.